The number of nitrogens with zero attached hydrogens (tertiary/aromatic N) is 3. The first-order valence-electron chi connectivity index (χ1n) is 7.94. The zero-order chi connectivity index (χ0) is 18.5. The molecule has 0 radical (unpaired) electrons. The van der Waals surface area contributed by atoms with Crippen molar-refractivity contribution in [2.24, 2.45) is 0 Å². The topological polar surface area (TPSA) is 91.8 Å². The molecule has 6 nitrogen and oxygen atoms in total. The van der Waals surface area contributed by atoms with Gasteiger partial charge in [-0.15, -0.1) is 10.2 Å². The van der Waals surface area contributed by atoms with Gasteiger partial charge in [0, 0.05) is 5.56 Å². The van der Waals surface area contributed by atoms with Crippen molar-refractivity contribution < 1.29 is 9.21 Å². The second kappa shape index (κ2) is 7.85. The Bertz CT molecular complexity index is 977. The predicted molar refractivity (Wildman–Crippen MR) is 99.6 cm³/mol. The molecule has 3 rings (SSSR count). The van der Waals surface area contributed by atoms with Gasteiger partial charge in [0.1, 0.15) is 6.07 Å². The average Bonchev–Trinajstić information content (AvgIpc) is 3.10. The number of nitriles is 1. The number of nitrogens with one attached hydrogen (secondary N) is 1. The fourth-order valence-corrected chi connectivity index (χ4v) is 2.96. The quantitative estimate of drug-likeness (QED) is 0.687. The first-order valence-corrected chi connectivity index (χ1v) is 8.82. The van der Waals surface area contributed by atoms with E-state index in [1.54, 1.807) is 31.2 Å². The predicted octanol–water partition coefficient (Wildman–Crippen LogP) is 4.04. The van der Waals surface area contributed by atoms with Crippen LogP contribution < -0.4 is 5.32 Å². The van der Waals surface area contributed by atoms with Crippen LogP contribution in [0.3, 0.4) is 0 Å². The summed E-state index contributed by atoms with van der Waals surface area (Å²) in [5, 5.41) is 19.7. The zero-order valence-electron chi connectivity index (χ0n) is 14.3. The molecule has 3 aromatic rings. The monoisotopic (exact) mass is 364 g/mol. The molecule has 2 aromatic carbocycles. The van der Waals surface area contributed by atoms with Gasteiger partial charge in [-0.3, -0.25) is 4.79 Å². The third-order valence-corrected chi connectivity index (χ3v) is 4.56. The summed E-state index contributed by atoms with van der Waals surface area (Å²) in [5.41, 5.74) is 2.83. The van der Waals surface area contributed by atoms with Gasteiger partial charge in [-0.25, -0.2) is 0 Å². The van der Waals surface area contributed by atoms with Crippen LogP contribution in [0.25, 0.3) is 11.5 Å². The van der Waals surface area contributed by atoms with E-state index >= 15 is 0 Å². The second-order valence-corrected chi connectivity index (χ2v) is 6.94. The molecule has 7 heteroatoms. The Hall–Kier alpha value is -3.11. The first kappa shape index (κ1) is 17.7. The minimum atomic E-state index is -0.465. The number of hydrogen-bond acceptors (Lipinski definition) is 6. The number of carbonyl (C=O) groups excluding carboxylic acids is 1. The summed E-state index contributed by atoms with van der Waals surface area (Å²) in [6.45, 7) is 3.73. The van der Waals surface area contributed by atoms with Crippen molar-refractivity contribution in [2.45, 2.75) is 24.3 Å². The Morgan fingerprint density at radius 3 is 2.81 bits per heavy atom. The molecule has 1 atom stereocenters. The van der Waals surface area contributed by atoms with Crippen LogP contribution in [0.5, 0.6) is 0 Å². The van der Waals surface area contributed by atoms with E-state index < -0.39 is 5.25 Å². The largest absolute Gasteiger partial charge is 0.411 e. The molecule has 26 heavy (non-hydrogen) atoms. The van der Waals surface area contributed by atoms with Gasteiger partial charge in [0.15, 0.2) is 0 Å². The molecule has 0 aliphatic rings. The Labute approximate surface area is 155 Å². The Morgan fingerprint density at radius 2 is 2.04 bits per heavy atom. The molecule has 0 saturated heterocycles. The lowest BCUT2D eigenvalue weighted by atomic mass is 10.1. The number of benzene rings is 2. The maximum atomic E-state index is 12.4. The summed E-state index contributed by atoms with van der Waals surface area (Å²) < 4.78 is 5.65. The third-order valence-electron chi connectivity index (χ3n) is 3.62. The minimum absolute atomic E-state index is 0.243. The highest BCUT2D eigenvalue weighted by atomic mass is 32.2. The number of aryl methyl sites for hydroxylation is 1. The van der Waals surface area contributed by atoms with E-state index in [1.165, 1.54) is 11.8 Å². The number of anilines is 1. The molecule has 1 N–H and O–H groups in total. The van der Waals surface area contributed by atoms with Crippen molar-refractivity contribution in [3.63, 3.8) is 0 Å². The molecule has 130 valence electrons. The standard InChI is InChI=1S/C19H16N4O2S/c1-12-6-5-8-14(10-12)18-22-23-19(25-18)26-13(2)17(24)21-16-9-4-3-7-15(16)11-20/h3-10,13H,1-2H3,(H,21,24)/t13-/m1/s1. The van der Waals surface area contributed by atoms with E-state index in [1.807, 2.05) is 31.2 Å². The van der Waals surface area contributed by atoms with Crippen molar-refractivity contribution in [2.75, 3.05) is 5.32 Å². The SMILES string of the molecule is Cc1cccc(-c2nnc(S[C@H](C)C(=O)Nc3ccccc3C#N)o2)c1. The van der Waals surface area contributed by atoms with Gasteiger partial charge in [0.25, 0.3) is 5.22 Å². The average molecular weight is 364 g/mol. The van der Waals surface area contributed by atoms with Crippen LogP contribution in [0, 0.1) is 18.3 Å². The summed E-state index contributed by atoms with van der Waals surface area (Å²) in [5.74, 6) is 0.173. The summed E-state index contributed by atoms with van der Waals surface area (Å²) in [6.07, 6.45) is 0. The lowest BCUT2D eigenvalue weighted by Crippen LogP contribution is -2.22. The van der Waals surface area contributed by atoms with E-state index in [2.05, 4.69) is 21.6 Å². The van der Waals surface area contributed by atoms with Crippen molar-refractivity contribution >= 4 is 23.4 Å². The van der Waals surface area contributed by atoms with Gasteiger partial charge in [0.2, 0.25) is 11.8 Å². The maximum Gasteiger partial charge on any atom is 0.277 e. The summed E-state index contributed by atoms with van der Waals surface area (Å²) in [6, 6.07) is 16.7. The second-order valence-electron chi connectivity index (χ2n) is 5.65. The zero-order valence-corrected chi connectivity index (χ0v) is 15.1. The highest BCUT2D eigenvalue weighted by Gasteiger charge is 2.19. The first-order chi connectivity index (χ1) is 12.6. The molecule has 0 bridgehead atoms. The molecule has 1 aromatic heterocycles. The summed E-state index contributed by atoms with van der Waals surface area (Å²) >= 11 is 1.17. The minimum Gasteiger partial charge on any atom is -0.411 e. The molecule has 0 aliphatic carbocycles. The number of rotatable bonds is 5. The van der Waals surface area contributed by atoms with Crippen molar-refractivity contribution in [1.82, 2.24) is 10.2 Å². The number of aromatic nitrogens is 2. The van der Waals surface area contributed by atoms with E-state index in [-0.39, 0.29) is 5.91 Å². The van der Waals surface area contributed by atoms with Crippen molar-refractivity contribution in [3.8, 4) is 17.5 Å². The van der Waals surface area contributed by atoms with E-state index in [9.17, 15) is 4.79 Å². The Morgan fingerprint density at radius 1 is 1.23 bits per heavy atom. The summed E-state index contributed by atoms with van der Waals surface area (Å²) in [7, 11) is 0. The van der Waals surface area contributed by atoms with Crippen LogP contribution in [-0.4, -0.2) is 21.4 Å². The van der Waals surface area contributed by atoms with Crippen LogP contribution in [-0.2, 0) is 4.79 Å². The van der Waals surface area contributed by atoms with E-state index in [0.717, 1.165) is 11.1 Å². The van der Waals surface area contributed by atoms with E-state index in [4.69, 9.17) is 9.68 Å². The molecular weight excluding hydrogens is 348 g/mol. The number of hydrogen-bond donors (Lipinski definition) is 1. The molecular formula is C19H16N4O2S. The van der Waals surface area contributed by atoms with Crippen LogP contribution in [0.1, 0.15) is 18.1 Å². The van der Waals surface area contributed by atoms with Crippen LogP contribution >= 0.6 is 11.8 Å². The molecule has 1 amide bonds. The van der Waals surface area contributed by atoms with Gasteiger partial charge in [-0.05, 0) is 38.1 Å². The number of para-hydroxylation sites is 1. The van der Waals surface area contributed by atoms with Crippen LogP contribution in [0.4, 0.5) is 5.69 Å². The number of carbonyl (C=O) groups is 1. The molecule has 1 heterocycles. The van der Waals surface area contributed by atoms with Gasteiger partial charge >= 0.3 is 0 Å². The maximum absolute atomic E-state index is 12.4. The van der Waals surface area contributed by atoms with Crippen LogP contribution in [0.2, 0.25) is 0 Å². The normalized spacial score (nSPS) is 11.6. The van der Waals surface area contributed by atoms with Gasteiger partial charge in [-0.1, -0.05) is 41.6 Å². The fraction of sp³-hybridized carbons (Fsp3) is 0.158. The Kier molecular flexibility index (Phi) is 5.34. The lowest BCUT2D eigenvalue weighted by Gasteiger charge is -2.10. The fourth-order valence-electron chi connectivity index (χ4n) is 2.28. The van der Waals surface area contributed by atoms with Gasteiger partial charge < -0.3 is 9.73 Å². The van der Waals surface area contributed by atoms with Crippen molar-refractivity contribution in [3.05, 3.63) is 59.7 Å². The highest BCUT2D eigenvalue weighted by Crippen LogP contribution is 2.27. The lowest BCUT2D eigenvalue weighted by molar-refractivity contribution is -0.115. The van der Waals surface area contributed by atoms with Gasteiger partial charge in [0.05, 0.1) is 16.5 Å². The molecule has 0 fully saturated rings. The third kappa shape index (κ3) is 4.10. The summed E-state index contributed by atoms with van der Waals surface area (Å²) in [4.78, 5) is 12.4. The molecule has 0 aliphatic heterocycles. The van der Waals surface area contributed by atoms with Crippen molar-refractivity contribution in [1.29, 1.82) is 5.26 Å². The smallest absolute Gasteiger partial charge is 0.277 e. The highest BCUT2D eigenvalue weighted by molar-refractivity contribution is 8.00. The van der Waals surface area contributed by atoms with Crippen LogP contribution in [0.15, 0.2) is 58.2 Å². The Balaban J connectivity index is 1.67. The van der Waals surface area contributed by atoms with E-state index in [0.29, 0.717) is 22.4 Å². The molecule has 0 saturated carbocycles. The molecule has 0 unspecified atom stereocenters. The number of thioether (sulfide) groups is 1. The molecule has 0 spiro atoms. The number of amides is 1. The van der Waals surface area contributed by atoms with Gasteiger partial charge in [-0.2, -0.15) is 5.26 Å².